The van der Waals surface area contributed by atoms with E-state index in [1.165, 1.54) is 24.8 Å². The minimum Gasteiger partial charge on any atom is -0.508 e. The van der Waals surface area contributed by atoms with Gasteiger partial charge in [-0.2, -0.15) is 0 Å². The molecule has 15 heavy (non-hydrogen) atoms. The predicted molar refractivity (Wildman–Crippen MR) is 64.2 cm³/mol. The minimum atomic E-state index is 0.342. The molecule has 0 saturated heterocycles. The SMILES string of the molecule is CCCCCNCCc1ccc(O)cc1. The van der Waals surface area contributed by atoms with E-state index in [4.69, 9.17) is 5.11 Å². The van der Waals surface area contributed by atoms with Gasteiger partial charge in [0.25, 0.3) is 0 Å². The zero-order chi connectivity index (χ0) is 10.9. The van der Waals surface area contributed by atoms with Gasteiger partial charge in [-0.05, 0) is 43.6 Å². The van der Waals surface area contributed by atoms with Gasteiger partial charge in [0.2, 0.25) is 0 Å². The molecule has 2 nitrogen and oxygen atoms in total. The van der Waals surface area contributed by atoms with Gasteiger partial charge in [0, 0.05) is 0 Å². The molecule has 0 aliphatic rings. The van der Waals surface area contributed by atoms with Crippen molar-refractivity contribution in [2.45, 2.75) is 32.6 Å². The summed E-state index contributed by atoms with van der Waals surface area (Å²) in [7, 11) is 0. The van der Waals surface area contributed by atoms with Crippen LogP contribution >= 0.6 is 0 Å². The lowest BCUT2D eigenvalue weighted by atomic mass is 10.1. The van der Waals surface area contributed by atoms with Gasteiger partial charge >= 0.3 is 0 Å². The molecule has 0 atom stereocenters. The Labute approximate surface area is 92.3 Å². The number of unbranched alkanes of at least 4 members (excludes halogenated alkanes) is 2. The van der Waals surface area contributed by atoms with E-state index < -0.39 is 0 Å². The monoisotopic (exact) mass is 207 g/mol. The largest absolute Gasteiger partial charge is 0.508 e. The predicted octanol–water partition coefficient (Wildman–Crippen LogP) is 2.71. The first kappa shape index (κ1) is 12.1. The first-order chi connectivity index (χ1) is 7.33. The molecule has 0 saturated carbocycles. The van der Waals surface area contributed by atoms with Gasteiger partial charge in [-0.25, -0.2) is 0 Å². The lowest BCUT2D eigenvalue weighted by molar-refractivity contribution is 0.475. The van der Waals surface area contributed by atoms with Crippen LogP contribution in [0.3, 0.4) is 0 Å². The Morgan fingerprint density at radius 2 is 1.80 bits per heavy atom. The third kappa shape index (κ3) is 5.43. The first-order valence-corrected chi connectivity index (χ1v) is 5.81. The third-order valence-corrected chi connectivity index (χ3v) is 2.48. The summed E-state index contributed by atoms with van der Waals surface area (Å²) in [5, 5.41) is 12.5. The van der Waals surface area contributed by atoms with Crippen molar-refractivity contribution >= 4 is 0 Å². The maximum absolute atomic E-state index is 9.11. The molecule has 2 N–H and O–H groups in total. The molecule has 1 rings (SSSR count). The molecule has 0 bridgehead atoms. The van der Waals surface area contributed by atoms with Crippen LogP contribution in [0.1, 0.15) is 31.7 Å². The Morgan fingerprint density at radius 1 is 1.07 bits per heavy atom. The molecule has 0 aromatic heterocycles. The second-order valence-corrected chi connectivity index (χ2v) is 3.87. The number of phenols is 1. The average Bonchev–Trinajstić information content (AvgIpc) is 2.26. The molecule has 0 amide bonds. The van der Waals surface area contributed by atoms with E-state index in [1.807, 2.05) is 12.1 Å². The summed E-state index contributed by atoms with van der Waals surface area (Å²) in [6, 6.07) is 7.44. The molecule has 2 heteroatoms. The van der Waals surface area contributed by atoms with Gasteiger partial charge in [-0.3, -0.25) is 0 Å². The molecule has 0 aliphatic carbocycles. The van der Waals surface area contributed by atoms with Crippen molar-refractivity contribution in [3.63, 3.8) is 0 Å². The fourth-order valence-corrected chi connectivity index (χ4v) is 1.52. The van der Waals surface area contributed by atoms with E-state index in [9.17, 15) is 0 Å². The molecular weight excluding hydrogens is 186 g/mol. The normalized spacial score (nSPS) is 10.5. The van der Waals surface area contributed by atoms with Crippen molar-refractivity contribution < 1.29 is 5.11 Å². The van der Waals surface area contributed by atoms with E-state index in [-0.39, 0.29) is 0 Å². The van der Waals surface area contributed by atoms with Crippen LogP contribution in [0.5, 0.6) is 5.75 Å². The van der Waals surface area contributed by atoms with E-state index >= 15 is 0 Å². The van der Waals surface area contributed by atoms with E-state index in [0.717, 1.165) is 19.5 Å². The van der Waals surface area contributed by atoms with Gasteiger partial charge < -0.3 is 10.4 Å². The number of nitrogens with one attached hydrogen (secondary N) is 1. The number of hydrogen-bond acceptors (Lipinski definition) is 2. The lowest BCUT2D eigenvalue weighted by Crippen LogP contribution is -2.18. The summed E-state index contributed by atoms with van der Waals surface area (Å²) in [4.78, 5) is 0. The van der Waals surface area contributed by atoms with Crippen molar-refractivity contribution in [3.8, 4) is 5.75 Å². The fraction of sp³-hybridized carbons (Fsp3) is 0.538. The van der Waals surface area contributed by atoms with Crippen molar-refractivity contribution in [2.75, 3.05) is 13.1 Å². The Morgan fingerprint density at radius 3 is 2.47 bits per heavy atom. The van der Waals surface area contributed by atoms with Crippen molar-refractivity contribution in [3.05, 3.63) is 29.8 Å². The van der Waals surface area contributed by atoms with Gasteiger partial charge in [0.1, 0.15) is 5.75 Å². The molecule has 1 aromatic rings. The standard InChI is InChI=1S/C13H21NO/c1-2-3-4-10-14-11-9-12-5-7-13(15)8-6-12/h5-8,14-15H,2-4,9-11H2,1H3. The zero-order valence-electron chi connectivity index (χ0n) is 9.50. The van der Waals surface area contributed by atoms with Crippen LogP contribution in [0.4, 0.5) is 0 Å². The summed E-state index contributed by atoms with van der Waals surface area (Å²) >= 11 is 0. The van der Waals surface area contributed by atoms with Crippen LogP contribution in [0, 0.1) is 0 Å². The van der Waals surface area contributed by atoms with Crippen molar-refractivity contribution in [2.24, 2.45) is 0 Å². The number of aromatic hydroxyl groups is 1. The van der Waals surface area contributed by atoms with Crippen LogP contribution in [-0.4, -0.2) is 18.2 Å². The summed E-state index contributed by atoms with van der Waals surface area (Å²) in [6.07, 6.45) is 4.89. The molecule has 0 unspecified atom stereocenters. The molecule has 84 valence electrons. The van der Waals surface area contributed by atoms with E-state index in [2.05, 4.69) is 12.2 Å². The van der Waals surface area contributed by atoms with Crippen molar-refractivity contribution in [1.82, 2.24) is 5.32 Å². The second-order valence-electron chi connectivity index (χ2n) is 3.87. The Kier molecular flexibility index (Phi) is 5.86. The molecular formula is C13H21NO. The highest BCUT2D eigenvalue weighted by atomic mass is 16.3. The number of rotatable bonds is 7. The number of benzene rings is 1. The molecule has 0 fully saturated rings. The Bertz CT molecular complexity index is 256. The van der Waals surface area contributed by atoms with Crippen molar-refractivity contribution in [1.29, 1.82) is 0 Å². The highest BCUT2D eigenvalue weighted by Gasteiger charge is 1.93. The lowest BCUT2D eigenvalue weighted by Gasteiger charge is -2.04. The molecule has 1 aromatic carbocycles. The number of phenolic OH excluding ortho intramolecular Hbond substituents is 1. The molecule has 0 aliphatic heterocycles. The van der Waals surface area contributed by atoms with E-state index in [0.29, 0.717) is 5.75 Å². The summed E-state index contributed by atoms with van der Waals surface area (Å²) in [5.74, 6) is 0.342. The first-order valence-electron chi connectivity index (χ1n) is 5.81. The highest BCUT2D eigenvalue weighted by molar-refractivity contribution is 5.25. The van der Waals surface area contributed by atoms with Crippen LogP contribution in [0.25, 0.3) is 0 Å². The molecule has 0 radical (unpaired) electrons. The van der Waals surface area contributed by atoms with Crippen LogP contribution in [0.2, 0.25) is 0 Å². The zero-order valence-corrected chi connectivity index (χ0v) is 9.50. The smallest absolute Gasteiger partial charge is 0.115 e. The van der Waals surface area contributed by atoms with Gasteiger partial charge in [0.05, 0.1) is 0 Å². The summed E-state index contributed by atoms with van der Waals surface area (Å²) in [5.41, 5.74) is 1.27. The Balaban J connectivity index is 2.07. The maximum Gasteiger partial charge on any atom is 0.115 e. The topological polar surface area (TPSA) is 32.3 Å². The summed E-state index contributed by atoms with van der Waals surface area (Å²) < 4.78 is 0. The van der Waals surface area contributed by atoms with Crippen LogP contribution in [-0.2, 0) is 6.42 Å². The third-order valence-electron chi connectivity index (χ3n) is 2.48. The quantitative estimate of drug-likeness (QED) is 0.674. The maximum atomic E-state index is 9.11. The van der Waals surface area contributed by atoms with Gasteiger partial charge in [-0.15, -0.1) is 0 Å². The highest BCUT2D eigenvalue weighted by Crippen LogP contribution is 2.09. The number of hydrogen-bond donors (Lipinski definition) is 2. The van der Waals surface area contributed by atoms with Crippen LogP contribution in [0.15, 0.2) is 24.3 Å². The van der Waals surface area contributed by atoms with Crippen LogP contribution < -0.4 is 5.32 Å². The molecule has 0 heterocycles. The minimum absolute atomic E-state index is 0.342. The second kappa shape index (κ2) is 7.30. The Hall–Kier alpha value is -1.02. The fourth-order valence-electron chi connectivity index (χ4n) is 1.52. The van der Waals surface area contributed by atoms with Gasteiger partial charge in [-0.1, -0.05) is 31.9 Å². The van der Waals surface area contributed by atoms with Gasteiger partial charge in [0.15, 0.2) is 0 Å². The van der Waals surface area contributed by atoms with E-state index in [1.54, 1.807) is 12.1 Å². The average molecular weight is 207 g/mol. The summed E-state index contributed by atoms with van der Waals surface area (Å²) in [6.45, 7) is 4.36. The molecule has 0 spiro atoms.